The van der Waals surface area contributed by atoms with Gasteiger partial charge in [0.1, 0.15) is 17.7 Å². The molecule has 0 amide bonds. The number of hydrogen-bond donors (Lipinski definition) is 1. The van der Waals surface area contributed by atoms with Crippen LogP contribution in [0.2, 0.25) is 0 Å². The van der Waals surface area contributed by atoms with E-state index in [-0.39, 0.29) is 5.56 Å². The topological polar surface area (TPSA) is 38.0 Å². The summed E-state index contributed by atoms with van der Waals surface area (Å²) in [6, 6.07) is 3.48. The first-order valence-corrected chi connectivity index (χ1v) is 6.18. The maximum Gasteiger partial charge on any atom is 0.132 e. The second-order valence-electron chi connectivity index (χ2n) is 3.73. The van der Waals surface area contributed by atoms with Gasteiger partial charge in [-0.1, -0.05) is 6.07 Å². The van der Waals surface area contributed by atoms with Crippen LogP contribution in [0.3, 0.4) is 0 Å². The van der Waals surface area contributed by atoms with Crippen LogP contribution < -0.4 is 0 Å². The Labute approximate surface area is 111 Å². The molecule has 1 N–H and O–H groups in total. The van der Waals surface area contributed by atoms with Crippen molar-refractivity contribution in [2.45, 2.75) is 19.6 Å². The lowest BCUT2D eigenvalue weighted by atomic mass is 10.1. The highest BCUT2D eigenvalue weighted by Crippen LogP contribution is 2.31. The minimum atomic E-state index is -1.40. The number of halogens is 3. The van der Waals surface area contributed by atoms with Crippen molar-refractivity contribution in [1.82, 2.24) is 9.78 Å². The van der Waals surface area contributed by atoms with Crippen LogP contribution in [0, 0.1) is 11.6 Å². The molecule has 0 aliphatic carbocycles. The van der Waals surface area contributed by atoms with E-state index in [0.717, 1.165) is 12.1 Å². The lowest BCUT2D eigenvalue weighted by Gasteiger charge is -2.15. The number of aromatic nitrogens is 2. The van der Waals surface area contributed by atoms with Crippen molar-refractivity contribution in [3.8, 4) is 0 Å². The summed E-state index contributed by atoms with van der Waals surface area (Å²) in [5.41, 5.74) is -0.0325. The molecular weight excluding hydrogens is 306 g/mol. The fourth-order valence-corrected chi connectivity index (χ4v) is 2.32. The van der Waals surface area contributed by atoms with Crippen LogP contribution in [-0.2, 0) is 6.54 Å². The molecule has 1 atom stereocenters. The first kappa shape index (κ1) is 13.2. The van der Waals surface area contributed by atoms with Gasteiger partial charge in [-0.15, -0.1) is 0 Å². The molecule has 1 unspecified atom stereocenters. The minimum absolute atomic E-state index is 0.335. The molecule has 1 heterocycles. The van der Waals surface area contributed by atoms with E-state index in [0.29, 0.717) is 16.7 Å². The van der Waals surface area contributed by atoms with Gasteiger partial charge in [-0.25, -0.2) is 8.78 Å². The average molecular weight is 317 g/mol. The summed E-state index contributed by atoms with van der Waals surface area (Å²) in [5, 5.41) is 14.2. The smallest absolute Gasteiger partial charge is 0.132 e. The van der Waals surface area contributed by atoms with E-state index in [9.17, 15) is 13.9 Å². The first-order valence-electron chi connectivity index (χ1n) is 5.39. The molecule has 2 rings (SSSR count). The largest absolute Gasteiger partial charge is 0.382 e. The molecule has 6 heteroatoms. The van der Waals surface area contributed by atoms with Gasteiger partial charge >= 0.3 is 0 Å². The Morgan fingerprint density at radius 3 is 2.56 bits per heavy atom. The fraction of sp³-hybridized carbons (Fsp3) is 0.250. The summed E-state index contributed by atoms with van der Waals surface area (Å²) in [6.45, 7) is 2.32. The highest BCUT2D eigenvalue weighted by Gasteiger charge is 2.24. The van der Waals surface area contributed by atoms with E-state index in [1.54, 1.807) is 0 Å². The van der Waals surface area contributed by atoms with Gasteiger partial charge in [0.15, 0.2) is 0 Å². The minimum Gasteiger partial charge on any atom is -0.382 e. The lowest BCUT2D eigenvalue weighted by Crippen LogP contribution is -2.12. The molecule has 0 bridgehead atoms. The zero-order valence-electron chi connectivity index (χ0n) is 9.57. The molecular formula is C12H11BrF2N2O. The fourth-order valence-electron chi connectivity index (χ4n) is 1.80. The summed E-state index contributed by atoms with van der Waals surface area (Å²) in [5.74, 6) is -1.56. The van der Waals surface area contributed by atoms with Crippen LogP contribution in [0.5, 0.6) is 0 Å². The molecule has 1 aromatic carbocycles. The quantitative estimate of drug-likeness (QED) is 0.945. The monoisotopic (exact) mass is 316 g/mol. The highest BCUT2D eigenvalue weighted by atomic mass is 79.9. The van der Waals surface area contributed by atoms with E-state index in [1.165, 1.54) is 16.9 Å². The molecule has 0 saturated carbocycles. The van der Waals surface area contributed by atoms with Gasteiger partial charge < -0.3 is 5.11 Å². The van der Waals surface area contributed by atoms with Crippen LogP contribution in [0.25, 0.3) is 0 Å². The molecule has 18 heavy (non-hydrogen) atoms. The van der Waals surface area contributed by atoms with Gasteiger partial charge in [0.2, 0.25) is 0 Å². The highest BCUT2D eigenvalue weighted by molar-refractivity contribution is 9.10. The van der Waals surface area contributed by atoms with Crippen LogP contribution in [0.15, 0.2) is 28.9 Å². The Morgan fingerprint density at radius 2 is 2.00 bits per heavy atom. The summed E-state index contributed by atoms with van der Waals surface area (Å²) < 4.78 is 29.2. The second kappa shape index (κ2) is 5.16. The molecule has 96 valence electrons. The summed E-state index contributed by atoms with van der Waals surface area (Å²) in [7, 11) is 0. The first-order chi connectivity index (χ1) is 8.56. The number of aliphatic hydroxyl groups is 1. The van der Waals surface area contributed by atoms with Gasteiger partial charge in [-0.2, -0.15) is 5.10 Å². The number of nitrogens with zero attached hydrogens (tertiary/aromatic N) is 2. The van der Waals surface area contributed by atoms with Crippen molar-refractivity contribution in [1.29, 1.82) is 0 Å². The Kier molecular flexibility index (Phi) is 3.77. The van der Waals surface area contributed by atoms with E-state index < -0.39 is 17.7 Å². The molecule has 0 saturated heterocycles. The average Bonchev–Trinajstić information content (AvgIpc) is 2.70. The normalized spacial score (nSPS) is 12.7. The molecule has 2 aromatic rings. The number of benzene rings is 1. The molecule has 0 spiro atoms. The van der Waals surface area contributed by atoms with E-state index in [1.807, 2.05) is 6.92 Å². The number of hydrogen-bond acceptors (Lipinski definition) is 2. The third-order valence-corrected chi connectivity index (χ3v) is 3.28. The van der Waals surface area contributed by atoms with Crippen molar-refractivity contribution in [2.24, 2.45) is 0 Å². The van der Waals surface area contributed by atoms with E-state index in [4.69, 9.17) is 0 Å². The van der Waals surface area contributed by atoms with Crippen molar-refractivity contribution >= 4 is 15.9 Å². The zero-order chi connectivity index (χ0) is 13.3. The molecule has 0 aliphatic rings. The van der Waals surface area contributed by atoms with Crippen LogP contribution in [-0.4, -0.2) is 14.9 Å². The number of aryl methyl sites for hydroxylation is 1. The Balaban J connectivity index is 2.54. The standard InChI is InChI=1S/C12H11BrF2N2O/c1-2-17-11(7(13)6-16-17)12(18)10-8(14)4-3-5-9(10)15/h3-6,12,18H,2H2,1H3. The lowest BCUT2D eigenvalue weighted by molar-refractivity contribution is 0.196. The van der Waals surface area contributed by atoms with Crippen LogP contribution >= 0.6 is 15.9 Å². The molecule has 0 radical (unpaired) electrons. The SMILES string of the molecule is CCn1ncc(Br)c1C(O)c1c(F)cccc1F. The van der Waals surface area contributed by atoms with Gasteiger partial charge in [-0.3, -0.25) is 4.68 Å². The van der Waals surface area contributed by atoms with Crippen molar-refractivity contribution < 1.29 is 13.9 Å². The van der Waals surface area contributed by atoms with E-state index in [2.05, 4.69) is 21.0 Å². The number of aliphatic hydroxyl groups excluding tert-OH is 1. The Bertz CT molecular complexity index is 551. The Morgan fingerprint density at radius 1 is 1.39 bits per heavy atom. The van der Waals surface area contributed by atoms with Crippen molar-refractivity contribution in [3.63, 3.8) is 0 Å². The molecule has 3 nitrogen and oxygen atoms in total. The van der Waals surface area contributed by atoms with Crippen LogP contribution in [0.1, 0.15) is 24.3 Å². The predicted octanol–water partition coefficient (Wildman–Crippen LogP) is 3.03. The van der Waals surface area contributed by atoms with Gasteiger partial charge in [0.05, 0.1) is 21.9 Å². The molecule has 0 fully saturated rings. The van der Waals surface area contributed by atoms with Gasteiger partial charge in [0.25, 0.3) is 0 Å². The third-order valence-electron chi connectivity index (χ3n) is 2.66. The molecule has 0 aliphatic heterocycles. The summed E-state index contributed by atoms with van der Waals surface area (Å²) >= 11 is 3.22. The van der Waals surface area contributed by atoms with Gasteiger partial charge in [0, 0.05) is 6.54 Å². The zero-order valence-corrected chi connectivity index (χ0v) is 11.2. The van der Waals surface area contributed by atoms with Crippen LogP contribution in [0.4, 0.5) is 8.78 Å². The van der Waals surface area contributed by atoms with Crippen molar-refractivity contribution in [3.05, 3.63) is 51.8 Å². The Hall–Kier alpha value is -1.27. The summed E-state index contributed by atoms with van der Waals surface area (Å²) in [4.78, 5) is 0. The van der Waals surface area contributed by atoms with E-state index >= 15 is 0 Å². The maximum atomic E-state index is 13.6. The third kappa shape index (κ3) is 2.18. The van der Waals surface area contributed by atoms with Gasteiger partial charge in [-0.05, 0) is 35.0 Å². The maximum absolute atomic E-state index is 13.6. The second-order valence-corrected chi connectivity index (χ2v) is 4.59. The van der Waals surface area contributed by atoms with Crippen molar-refractivity contribution in [2.75, 3.05) is 0 Å². The predicted molar refractivity (Wildman–Crippen MR) is 66.0 cm³/mol. The molecule has 1 aromatic heterocycles. The summed E-state index contributed by atoms with van der Waals surface area (Å²) in [6.07, 6.45) is 0.0869. The number of rotatable bonds is 3.